The average molecular weight is 295 g/mol. The van der Waals surface area contributed by atoms with E-state index >= 15 is 0 Å². The molecule has 1 aromatic heterocycles. The summed E-state index contributed by atoms with van der Waals surface area (Å²) in [6, 6.07) is 2.84. The Bertz CT molecular complexity index is 322. The predicted molar refractivity (Wildman–Crippen MR) is 78.6 cm³/mol. The van der Waals surface area contributed by atoms with Gasteiger partial charge < -0.3 is 5.32 Å². The van der Waals surface area contributed by atoms with Gasteiger partial charge in [0.2, 0.25) is 0 Å². The van der Waals surface area contributed by atoms with Crippen LogP contribution in [0.5, 0.6) is 0 Å². The molecule has 1 N–H and O–H groups in total. The Balaban J connectivity index is 0.00000144. The highest BCUT2D eigenvalue weighted by Gasteiger charge is 2.17. The summed E-state index contributed by atoms with van der Waals surface area (Å²) >= 11 is 7.76. The monoisotopic (exact) mass is 294 g/mol. The quantitative estimate of drug-likeness (QED) is 0.919. The van der Waals surface area contributed by atoms with Crippen molar-refractivity contribution in [1.29, 1.82) is 0 Å². The molecule has 0 saturated carbocycles. The Morgan fingerprint density at radius 1 is 1.47 bits per heavy atom. The van der Waals surface area contributed by atoms with E-state index in [1.807, 2.05) is 0 Å². The average Bonchev–Trinajstić information content (AvgIpc) is 2.57. The topological polar surface area (TPSA) is 15.3 Å². The lowest BCUT2D eigenvalue weighted by Gasteiger charge is -2.26. The second-order valence-electron chi connectivity index (χ2n) is 4.47. The fraction of sp³-hybridized carbons (Fsp3) is 0.667. The third-order valence-corrected chi connectivity index (χ3v) is 4.53. The molecule has 2 nitrogen and oxygen atoms in total. The number of nitrogens with zero attached hydrogens (tertiary/aromatic N) is 1. The second kappa shape index (κ2) is 7.59. The lowest BCUT2D eigenvalue weighted by atomic mass is 10.1. The molecule has 1 unspecified atom stereocenters. The van der Waals surface area contributed by atoms with Crippen molar-refractivity contribution in [1.82, 2.24) is 10.2 Å². The van der Waals surface area contributed by atoms with Crippen LogP contribution in [0.2, 0.25) is 4.34 Å². The molecule has 1 aromatic rings. The maximum Gasteiger partial charge on any atom is 0.0973 e. The lowest BCUT2D eigenvalue weighted by Crippen LogP contribution is -2.31. The maximum atomic E-state index is 6.13. The zero-order valence-corrected chi connectivity index (χ0v) is 12.5. The molecule has 5 heteroatoms. The SMILES string of the molecule is CN(Cc1ccsc1Cl)C1CCCNCC1.Cl. The number of thiophene rings is 1. The summed E-state index contributed by atoms with van der Waals surface area (Å²) in [6.45, 7) is 3.29. The maximum absolute atomic E-state index is 6.13. The van der Waals surface area contributed by atoms with Crippen LogP contribution in [0, 0.1) is 0 Å². The molecular formula is C12H20Cl2N2S. The van der Waals surface area contributed by atoms with Gasteiger partial charge in [0.05, 0.1) is 4.34 Å². The molecule has 0 aromatic carbocycles. The fourth-order valence-corrected chi connectivity index (χ4v) is 3.18. The van der Waals surface area contributed by atoms with E-state index in [0.29, 0.717) is 6.04 Å². The smallest absolute Gasteiger partial charge is 0.0973 e. The molecule has 1 aliphatic rings. The molecule has 1 saturated heterocycles. The Hall–Kier alpha value is 0.200. The van der Waals surface area contributed by atoms with Gasteiger partial charge in [-0.25, -0.2) is 0 Å². The van der Waals surface area contributed by atoms with Crippen LogP contribution in [-0.2, 0) is 6.54 Å². The van der Waals surface area contributed by atoms with E-state index in [4.69, 9.17) is 11.6 Å². The summed E-state index contributed by atoms with van der Waals surface area (Å²) in [5.41, 5.74) is 1.27. The second-order valence-corrected chi connectivity index (χ2v) is 5.99. The largest absolute Gasteiger partial charge is 0.317 e. The molecule has 0 aliphatic carbocycles. The molecule has 0 bridgehead atoms. The van der Waals surface area contributed by atoms with E-state index in [0.717, 1.165) is 17.4 Å². The molecule has 0 spiro atoms. The minimum absolute atomic E-state index is 0. The van der Waals surface area contributed by atoms with Crippen LogP contribution in [0.25, 0.3) is 0 Å². The zero-order chi connectivity index (χ0) is 11.4. The minimum Gasteiger partial charge on any atom is -0.317 e. The Labute approximate surface area is 119 Å². The van der Waals surface area contributed by atoms with Crippen LogP contribution in [0.1, 0.15) is 24.8 Å². The van der Waals surface area contributed by atoms with Crippen molar-refractivity contribution in [2.75, 3.05) is 20.1 Å². The van der Waals surface area contributed by atoms with Crippen molar-refractivity contribution in [3.05, 3.63) is 21.3 Å². The van der Waals surface area contributed by atoms with E-state index in [1.54, 1.807) is 11.3 Å². The first-order valence-electron chi connectivity index (χ1n) is 5.90. The Kier molecular flexibility index (Phi) is 6.82. The Morgan fingerprint density at radius 2 is 2.29 bits per heavy atom. The summed E-state index contributed by atoms with van der Waals surface area (Å²) in [6.07, 6.45) is 3.83. The van der Waals surface area contributed by atoms with Gasteiger partial charge in [-0.1, -0.05) is 11.6 Å². The van der Waals surface area contributed by atoms with Gasteiger partial charge in [0.15, 0.2) is 0 Å². The molecule has 2 rings (SSSR count). The summed E-state index contributed by atoms with van der Waals surface area (Å²) in [7, 11) is 2.21. The van der Waals surface area contributed by atoms with Crippen molar-refractivity contribution < 1.29 is 0 Å². The zero-order valence-electron chi connectivity index (χ0n) is 10.1. The van der Waals surface area contributed by atoms with Crippen LogP contribution >= 0.6 is 35.3 Å². The fourth-order valence-electron chi connectivity index (χ4n) is 2.27. The third-order valence-electron chi connectivity index (χ3n) is 3.28. The number of halogens is 2. The first-order valence-corrected chi connectivity index (χ1v) is 7.16. The number of hydrogen-bond donors (Lipinski definition) is 1. The lowest BCUT2D eigenvalue weighted by molar-refractivity contribution is 0.217. The standard InChI is InChI=1S/C12H19ClN2S.ClH/c1-15(9-10-5-8-16-12(10)13)11-3-2-6-14-7-4-11;/h5,8,11,14H,2-4,6-7,9H2,1H3;1H. The van der Waals surface area contributed by atoms with Crippen molar-refractivity contribution in [2.24, 2.45) is 0 Å². The summed E-state index contributed by atoms with van der Waals surface area (Å²) in [5, 5.41) is 5.52. The van der Waals surface area contributed by atoms with Crippen molar-refractivity contribution in [3.8, 4) is 0 Å². The Morgan fingerprint density at radius 3 is 3.00 bits per heavy atom. The van der Waals surface area contributed by atoms with Crippen LogP contribution < -0.4 is 5.32 Å². The molecule has 17 heavy (non-hydrogen) atoms. The van der Waals surface area contributed by atoms with Crippen LogP contribution in [0.3, 0.4) is 0 Å². The van der Waals surface area contributed by atoms with Gasteiger partial charge in [-0.2, -0.15) is 0 Å². The van der Waals surface area contributed by atoms with Crippen molar-refractivity contribution >= 4 is 35.3 Å². The van der Waals surface area contributed by atoms with E-state index in [9.17, 15) is 0 Å². The van der Waals surface area contributed by atoms with Crippen LogP contribution in [-0.4, -0.2) is 31.1 Å². The number of nitrogens with one attached hydrogen (secondary N) is 1. The molecule has 2 heterocycles. The third kappa shape index (κ3) is 4.42. The first kappa shape index (κ1) is 15.3. The number of rotatable bonds is 3. The van der Waals surface area contributed by atoms with Crippen LogP contribution in [0.4, 0.5) is 0 Å². The predicted octanol–water partition coefficient (Wildman–Crippen LogP) is 3.40. The number of hydrogen-bond acceptors (Lipinski definition) is 3. The van der Waals surface area contributed by atoms with Crippen molar-refractivity contribution in [2.45, 2.75) is 31.8 Å². The molecule has 1 aliphatic heterocycles. The van der Waals surface area contributed by atoms with E-state index in [-0.39, 0.29) is 12.4 Å². The normalized spacial score (nSPS) is 21.0. The molecular weight excluding hydrogens is 275 g/mol. The minimum atomic E-state index is 0. The van der Waals surface area contributed by atoms with Gasteiger partial charge in [-0.15, -0.1) is 23.7 Å². The summed E-state index contributed by atoms with van der Waals surface area (Å²) in [4.78, 5) is 2.45. The molecule has 98 valence electrons. The summed E-state index contributed by atoms with van der Waals surface area (Å²) in [5.74, 6) is 0. The highest BCUT2D eigenvalue weighted by Crippen LogP contribution is 2.25. The van der Waals surface area contributed by atoms with Gasteiger partial charge in [0.25, 0.3) is 0 Å². The molecule has 0 radical (unpaired) electrons. The highest BCUT2D eigenvalue weighted by molar-refractivity contribution is 7.14. The van der Waals surface area contributed by atoms with Crippen molar-refractivity contribution in [3.63, 3.8) is 0 Å². The highest BCUT2D eigenvalue weighted by atomic mass is 35.5. The molecule has 1 fully saturated rings. The van der Waals surface area contributed by atoms with Crippen LogP contribution in [0.15, 0.2) is 11.4 Å². The summed E-state index contributed by atoms with van der Waals surface area (Å²) < 4.78 is 0.943. The van der Waals surface area contributed by atoms with Gasteiger partial charge in [0.1, 0.15) is 0 Å². The van der Waals surface area contributed by atoms with Gasteiger partial charge in [-0.3, -0.25) is 4.90 Å². The first-order chi connectivity index (χ1) is 7.77. The van der Waals surface area contributed by atoms with E-state index in [2.05, 4.69) is 28.7 Å². The molecule has 1 atom stereocenters. The van der Waals surface area contributed by atoms with E-state index < -0.39 is 0 Å². The van der Waals surface area contributed by atoms with Gasteiger partial charge in [-0.05, 0) is 56.4 Å². The van der Waals surface area contributed by atoms with Gasteiger partial charge in [0, 0.05) is 12.6 Å². The molecule has 0 amide bonds. The van der Waals surface area contributed by atoms with E-state index in [1.165, 1.54) is 31.4 Å². The van der Waals surface area contributed by atoms with Gasteiger partial charge >= 0.3 is 0 Å².